The number of hydrogen-bond acceptors (Lipinski definition) is 3. The Balaban J connectivity index is 2.19. The van der Waals surface area contributed by atoms with Crippen LogP contribution in [0.25, 0.3) is 0 Å². The van der Waals surface area contributed by atoms with Gasteiger partial charge in [0, 0.05) is 11.4 Å². The van der Waals surface area contributed by atoms with Crippen LogP contribution in [0.1, 0.15) is 5.56 Å². The molecule has 2 aromatic rings. The molecule has 8 heteroatoms. The first kappa shape index (κ1) is 16.0. The van der Waals surface area contributed by atoms with Gasteiger partial charge in [0.2, 0.25) is 0 Å². The fraction of sp³-hybridized carbons (Fsp3) is 0.0714. The summed E-state index contributed by atoms with van der Waals surface area (Å²) in [6.45, 7) is 0. The number of primary amides is 1. The van der Waals surface area contributed by atoms with E-state index < -0.39 is 17.8 Å². The van der Waals surface area contributed by atoms with E-state index in [-0.39, 0.29) is 16.5 Å². The number of amides is 1. The minimum Gasteiger partial charge on any atom is -0.411 e. The maximum atomic E-state index is 12.8. The quantitative estimate of drug-likeness (QED) is 0.867. The van der Waals surface area contributed by atoms with E-state index in [0.717, 1.165) is 12.1 Å². The molecule has 3 N–H and O–H groups in total. The standard InChI is InChI=1S/C14H10ClF3N2O2/c15-12-6-3-9(7-11(12)14(16,17)18)20-8-1-4-10(5-2-8)22-13(19)21/h1-7,20H,(H2,19,21). The van der Waals surface area contributed by atoms with E-state index in [1.807, 2.05) is 0 Å². The summed E-state index contributed by atoms with van der Waals surface area (Å²) in [6.07, 6.45) is -5.48. The second-order valence-corrected chi connectivity index (χ2v) is 4.67. The van der Waals surface area contributed by atoms with Crippen LogP contribution in [0.15, 0.2) is 42.5 Å². The van der Waals surface area contributed by atoms with Gasteiger partial charge < -0.3 is 15.8 Å². The number of nitrogens with one attached hydrogen (secondary N) is 1. The molecule has 0 radical (unpaired) electrons. The number of anilines is 2. The number of nitrogens with two attached hydrogens (primary N) is 1. The molecule has 1 amide bonds. The van der Waals surface area contributed by atoms with Gasteiger partial charge in [0.1, 0.15) is 5.75 Å². The zero-order valence-corrected chi connectivity index (χ0v) is 11.7. The average Bonchev–Trinajstić information content (AvgIpc) is 2.41. The fourth-order valence-electron chi connectivity index (χ4n) is 1.71. The molecule has 0 atom stereocenters. The van der Waals surface area contributed by atoms with E-state index >= 15 is 0 Å². The highest BCUT2D eigenvalue weighted by molar-refractivity contribution is 6.31. The highest BCUT2D eigenvalue weighted by Crippen LogP contribution is 2.36. The Labute approximate surface area is 128 Å². The number of benzene rings is 2. The second kappa shape index (κ2) is 6.15. The minimum absolute atomic E-state index is 0.222. The number of carbonyl (C=O) groups is 1. The number of ether oxygens (including phenoxy) is 1. The molecule has 22 heavy (non-hydrogen) atoms. The number of carbonyl (C=O) groups excluding carboxylic acids is 1. The van der Waals surface area contributed by atoms with Crippen molar-refractivity contribution >= 4 is 29.1 Å². The molecule has 0 aliphatic heterocycles. The maximum Gasteiger partial charge on any atom is 0.417 e. The van der Waals surface area contributed by atoms with E-state index in [4.69, 9.17) is 17.3 Å². The van der Waals surface area contributed by atoms with Crippen molar-refractivity contribution in [2.45, 2.75) is 6.18 Å². The molecule has 0 spiro atoms. The van der Waals surface area contributed by atoms with Gasteiger partial charge in [-0.15, -0.1) is 0 Å². The van der Waals surface area contributed by atoms with Gasteiger partial charge in [-0.1, -0.05) is 11.6 Å². The Morgan fingerprint density at radius 2 is 1.68 bits per heavy atom. The van der Waals surface area contributed by atoms with E-state index in [9.17, 15) is 18.0 Å². The lowest BCUT2D eigenvalue weighted by molar-refractivity contribution is -0.137. The summed E-state index contributed by atoms with van der Waals surface area (Å²) < 4.78 is 43.0. The van der Waals surface area contributed by atoms with E-state index in [1.54, 1.807) is 0 Å². The smallest absolute Gasteiger partial charge is 0.411 e. The first-order chi connectivity index (χ1) is 10.3. The van der Waals surface area contributed by atoms with Crippen molar-refractivity contribution in [3.05, 3.63) is 53.1 Å². The predicted octanol–water partition coefficient (Wildman–Crippen LogP) is 4.56. The van der Waals surface area contributed by atoms with Crippen LogP contribution in [0.3, 0.4) is 0 Å². The molecule has 4 nitrogen and oxygen atoms in total. The topological polar surface area (TPSA) is 64.4 Å². The summed E-state index contributed by atoms with van der Waals surface area (Å²) in [5.41, 5.74) is 4.67. The van der Waals surface area contributed by atoms with Crippen molar-refractivity contribution in [3.8, 4) is 5.75 Å². The SMILES string of the molecule is NC(=O)Oc1ccc(Nc2ccc(Cl)c(C(F)(F)F)c2)cc1. The molecule has 2 aromatic carbocycles. The van der Waals surface area contributed by atoms with Crippen molar-refractivity contribution in [2.24, 2.45) is 5.73 Å². The molecule has 2 rings (SSSR count). The third kappa shape index (κ3) is 4.05. The monoisotopic (exact) mass is 330 g/mol. The molecular weight excluding hydrogens is 321 g/mol. The zero-order chi connectivity index (χ0) is 16.3. The third-order valence-corrected chi connectivity index (χ3v) is 2.96. The lowest BCUT2D eigenvalue weighted by atomic mass is 10.2. The van der Waals surface area contributed by atoms with Crippen LogP contribution in [-0.4, -0.2) is 6.09 Å². The molecule has 0 unspecified atom stereocenters. The van der Waals surface area contributed by atoms with Gasteiger partial charge in [-0.25, -0.2) is 4.79 Å². The Morgan fingerprint density at radius 3 is 2.23 bits per heavy atom. The number of alkyl halides is 3. The van der Waals surface area contributed by atoms with Gasteiger partial charge in [0.15, 0.2) is 0 Å². The average molecular weight is 331 g/mol. The van der Waals surface area contributed by atoms with Gasteiger partial charge in [0.05, 0.1) is 10.6 Å². The summed E-state index contributed by atoms with van der Waals surface area (Å²) in [5, 5.41) is 2.42. The van der Waals surface area contributed by atoms with Gasteiger partial charge in [-0.05, 0) is 42.5 Å². The number of hydrogen-bond donors (Lipinski definition) is 2. The Bertz CT molecular complexity index is 687. The molecule has 0 aliphatic carbocycles. The minimum atomic E-state index is -4.53. The summed E-state index contributed by atoms with van der Waals surface area (Å²) in [5.74, 6) is 0.227. The summed E-state index contributed by atoms with van der Waals surface area (Å²) in [7, 11) is 0. The molecule has 0 aliphatic rings. The Hall–Kier alpha value is -2.41. The van der Waals surface area contributed by atoms with Crippen LogP contribution in [0.4, 0.5) is 29.3 Å². The van der Waals surface area contributed by atoms with Crippen LogP contribution in [0.2, 0.25) is 5.02 Å². The number of rotatable bonds is 3. The Morgan fingerprint density at radius 1 is 1.09 bits per heavy atom. The largest absolute Gasteiger partial charge is 0.417 e. The molecule has 0 saturated heterocycles. The molecule has 0 heterocycles. The molecule has 0 saturated carbocycles. The van der Waals surface area contributed by atoms with E-state index in [1.165, 1.54) is 30.3 Å². The van der Waals surface area contributed by atoms with Gasteiger partial charge in [0.25, 0.3) is 0 Å². The number of halogens is 4. The van der Waals surface area contributed by atoms with Crippen molar-refractivity contribution < 1.29 is 22.7 Å². The molecule has 0 bridgehead atoms. The van der Waals surface area contributed by atoms with Crippen LogP contribution >= 0.6 is 11.6 Å². The molecule has 0 aromatic heterocycles. The van der Waals surface area contributed by atoms with Crippen molar-refractivity contribution in [2.75, 3.05) is 5.32 Å². The van der Waals surface area contributed by atoms with Crippen molar-refractivity contribution in [1.82, 2.24) is 0 Å². The zero-order valence-electron chi connectivity index (χ0n) is 10.9. The maximum absolute atomic E-state index is 12.8. The fourth-order valence-corrected chi connectivity index (χ4v) is 1.93. The predicted molar refractivity (Wildman–Crippen MR) is 76.4 cm³/mol. The molecule has 116 valence electrons. The lowest BCUT2D eigenvalue weighted by Crippen LogP contribution is -2.16. The van der Waals surface area contributed by atoms with Gasteiger partial charge >= 0.3 is 12.3 Å². The first-order valence-corrected chi connectivity index (χ1v) is 6.34. The van der Waals surface area contributed by atoms with Crippen LogP contribution in [-0.2, 0) is 6.18 Å². The van der Waals surface area contributed by atoms with Crippen LogP contribution in [0, 0.1) is 0 Å². The van der Waals surface area contributed by atoms with Crippen LogP contribution < -0.4 is 15.8 Å². The van der Waals surface area contributed by atoms with E-state index in [0.29, 0.717) is 5.69 Å². The van der Waals surface area contributed by atoms with Crippen molar-refractivity contribution in [1.29, 1.82) is 0 Å². The van der Waals surface area contributed by atoms with E-state index in [2.05, 4.69) is 10.1 Å². The van der Waals surface area contributed by atoms with Gasteiger partial charge in [-0.3, -0.25) is 0 Å². The summed E-state index contributed by atoms with van der Waals surface area (Å²) in [4.78, 5) is 10.6. The van der Waals surface area contributed by atoms with Crippen LogP contribution in [0.5, 0.6) is 5.75 Å². The highest BCUT2D eigenvalue weighted by atomic mass is 35.5. The lowest BCUT2D eigenvalue weighted by Gasteiger charge is -2.12. The third-order valence-electron chi connectivity index (χ3n) is 2.63. The van der Waals surface area contributed by atoms with Crippen molar-refractivity contribution in [3.63, 3.8) is 0 Å². The normalized spacial score (nSPS) is 11.1. The molecule has 0 fully saturated rings. The second-order valence-electron chi connectivity index (χ2n) is 4.26. The first-order valence-electron chi connectivity index (χ1n) is 5.97. The Kier molecular flexibility index (Phi) is 4.46. The summed E-state index contributed by atoms with van der Waals surface area (Å²) in [6, 6.07) is 9.46. The van der Waals surface area contributed by atoms with Gasteiger partial charge in [-0.2, -0.15) is 13.2 Å². The highest BCUT2D eigenvalue weighted by Gasteiger charge is 2.33. The molecular formula is C14H10ClF3N2O2. The summed E-state index contributed by atoms with van der Waals surface area (Å²) >= 11 is 5.54.